The van der Waals surface area contributed by atoms with E-state index in [1.807, 2.05) is 19.9 Å². The molecule has 1 aliphatic carbocycles. The minimum atomic E-state index is -1.48. The van der Waals surface area contributed by atoms with Crippen LogP contribution in [0.2, 0.25) is 0 Å². The van der Waals surface area contributed by atoms with Crippen LogP contribution >= 0.6 is 11.8 Å². The molecular weight excluding hydrogens is 250 g/mol. The van der Waals surface area contributed by atoms with E-state index in [4.69, 9.17) is 20.7 Å². The third kappa shape index (κ3) is 4.31. The van der Waals surface area contributed by atoms with Gasteiger partial charge in [0.15, 0.2) is 6.29 Å². The minimum absolute atomic E-state index is 0.375. The summed E-state index contributed by atoms with van der Waals surface area (Å²) in [5, 5.41) is 18.3. The second-order valence-electron chi connectivity index (χ2n) is 4.99. The molecule has 0 spiro atoms. The molecule has 18 heavy (non-hydrogen) atoms. The van der Waals surface area contributed by atoms with E-state index in [0.29, 0.717) is 0 Å². The van der Waals surface area contributed by atoms with E-state index in [-0.39, 0.29) is 4.75 Å². The summed E-state index contributed by atoms with van der Waals surface area (Å²) in [4.78, 5) is 0. The number of ether oxygens (including phenoxy) is 1. The maximum atomic E-state index is 9.14. The van der Waals surface area contributed by atoms with Crippen molar-refractivity contribution in [2.75, 3.05) is 12.9 Å². The molecule has 104 valence electrons. The van der Waals surface area contributed by atoms with E-state index >= 15 is 0 Å². The van der Waals surface area contributed by atoms with E-state index < -0.39 is 12.3 Å². The molecule has 0 aliphatic heterocycles. The SMILES string of the molecule is COC1=CC=C(CSC(C)(C)C(N)C(O)O)CC1. The third-order valence-electron chi connectivity index (χ3n) is 3.21. The van der Waals surface area contributed by atoms with E-state index in [1.165, 1.54) is 5.57 Å². The first-order valence-corrected chi connectivity index (χ1v) is 7.03. The van der Waals surface area contributed by atoms with Crippen LogP contribution in [0.5, 0.6) is 0 Å². The molecule has 0 saturated carbocycles. The molecule has 1 atom stereocenters. The number of nitrogens with two attached hydrogens (primary N) is 1. The van der Waals surface area contributed by atoms with Gasteiger partial charge in [-0.1, -0.05) is 11.6 Å². The fourth-order valence-electron chi connectivity index (χ4n) is 1.69. The second kappa shape index (κ2) is 6.61. The molecule has 0 aromatic heterocycles. The Balaban J connectivity index is 2.51. The summed E-state index contributed by atoms with van der Waals surface area (Å²) in [5.74, 6) is 1.85. The van der Waals surface area contributed by atoms with Crippen LogP contribution in [-0.2, 0) is 4.74 Å². The van der Waals surface area contributed by atoms with Gasteiger partial charge in [-0.25, -0.2) is 0 Å². The van der Waals surface area contributed by atoms with E-state index in [9.17, 15) is 0 Å². The molecule has 0 fully saturated rings. The minimum Gasteiger partial charge on any atom is -0.501 e. The Morgan fingerprint density at radius 2 is 2.06 bits per heavy atom. The van der Waals surface area contributed by atoms with Crippen molar-refractivity contribution < 1.29 is 14.9 Å². The Labute approximate surface area is 113 Å². The second-order valence-corrected chi connectivity index (χ2v) is 6.62. The lowest BCUT2D eigenvalue weighted by Gasteiger charge is -2.32. The van der Waals surface area contributed by atoms with Crippen LogP contribution in [0.3, 0.4) is 0 Å². The fourth-order valence-corrected chi connectivity index (χ4v) is 2.80. The highest BCUT2D eigenvalue weighted by Gasteiger charge is 2.31. The average Bonchev–Trinajstić information content (AvgIpc) is 2.36. The predicted molar refractivity (Wildman–Crippen MR) is 75.1 cm³/mol. The number of methoxy groups -OCH3 is 1. The van der Waals surface area contributed by atoms with Crippen LogP contribution in [0.4, 0.5) is 0 Å². The third-order valence-corrected chi connectivity index (χ3v) is 4.74. The molecule has 4 N–H and O–H groups in total. The normalized spacial score (nSPS) is 18.4. The standard InChI is InChI=1S/C13H23NO3S/c1-13(2,11(14)12(15)16)18-8-9-4-6-10(17-3)7-5-9/h4,6,11-12,15-16H,5,7-8,14H2,1-3H3. The van der Waals surface area contributed by atoms with Crippen molar-refractivity contribution in [3.8, 4) is 0 Å². The lowest BCUT2D eigenvalue weighted by atomic mass is 10.0. The van der Waals surface area contributed by atoms with Crippen LogP contribution in [0.15, 0.2) is 23.5 Å². The number of aliphatic hydroxyl groups excluding tert-OH is 1. The van der Waals surface area contributed by atoms with Gasteiger partial charge in [0.25, 0.3) is 0 Å². The molecule has 0 aromatic rings. The lowest BCUT2D eigenvalue weighted by Crippen LogP contribution is -2.49. The van der Waals surface area contributed by atoms with E-state index in [0.717, 1.165) is 24.4 Å². The van der Waals surface area contributed by atoms with Crippen molar-refractivity contribution in [1.29, 1.82) is 0 Å². The van der Waals surface area contributed by atoms with Gasteiger partial charge in [0.1, 0.15) is 0 Å². The molecule has 5 heteroatoms. The molecule has 0 radical (unpaired) electrons. The molecule has 1 rings (SSSR count). The molecule has 0 bridgehead atoms. The zero-order valence-electron chi connectivity index (χ0n) is 11.2. The highest BCUT2D eigenvalue weighted by Crippen LogP contribution is 2.32. The first-order chi connectivity index (χ1) is 8.36. The highest BCUT2D eigenvalue weighted by atomic mass is 32.2. The summed E-state index contributed by atoms with van der Waals surface area (Å²) in [7, 11) is 1.68. The summed E-state index contributed by atoms with van der Waals surface area (Å²) < 4.78 is 4.80. The van der Waals surface area contributed by atoms with Gasteiger partial charge in [-0.3, -0.25) is 0 Å². The largest absolute Gasteiger partial charge is 0.501 e. The first-order valence-electron chi connectivity index (χ1n) is 6.05. The topological polar surface area (TPSA) is 75.7 Å². The van der Waals surface area contributed by atoms with E-state index in [1.54, 1.807) is 18.9 Å². The maximum Gasteiger partial charge on any atom is 0.168 e. The van der Waals surface area contributed by atoms with Crippen LogP contribution in [0.25, 0.3) is 0 Å². The van der Waals surface area contributed by atoms with E-state index in [2.05, 4.69) is 6.08 Å². The Kier molecular flexibility index (Phi) is 5.72. The maximum absolute atomic E-state index is 9.14. The van der Waals surface area contributed by atoms with Gasteiger partial charge >= 0.3 is 0 Å². The number of aliphatic hydroxyl groups is 2. The van der Waals surface area contributed by atoms with Crippen molar-refractivity contribution in [1.82, 2.24) is 0 Å². The molecule has 4 nitrogen and oxygen atoms in total. The molecule has 1 unspecified atom stereocenters. The molecule has 0 saturated heterocycles. The fraction of sp³-hybridized carbons (Fsp3) is 0.692. The van der Waals surface area contributed by atoms with Crippen LogP contribution in [0, 0.1) is 0 Å². The molecule has 1 aliphatic rings. The summed E-state index contributed by atoms with van der Waals surface area (Å²) in [5.41, 5.74) is 7.11. The first kappa shape index (κ1) is 15.6. The summed E-state index contributed by atoms with van der Waals surface area (Å²) in [6, 6.07) is -0.656. The molecular formula is C13H23NO3S. The summed E-state index contributed by atoms with van der Waals surface area (Å²) >= 11 is 1.65. The smallest absolute Gasteiger partial charge is 0.168 e. The molecule has 0 aromatic carbocycles. The van der Waals surface area contributed by atoms with Gasteiger partial charge in [0.2, 0.25) is 0 Å². The zero-order valence-corrected chi connectivity index (χ0v) is 12.0. The van der Waals surface area contributed by atoms with Gasteiger partial charge in [-0.05, 0) is 26.3 Å². The lowest BCUT2D eigenvalue weighted by molar-refractivity contribution is -0.0637. The van der Waals surface area contributed by atoms with Crippen LogP contribution in [-0.4, -0.2) is 40.2 Å². The van der Waals surface area contributed by atoms with Crippen molar-refractivity contribution >= 4 is 11.8 Å². The molecule has 0 heterocycles. The Morgan fingerprint density at radius 1 is 1.39 bits per heavy atom. The summed E-state index contributed by atoms with van der Waals surface area (Å²) in [6.07, 6.45) is 4.50. The van der Waals surface area contributed by atoms with Gasteiger partial charge in [-0.15, -0.1) is 11.8 Å². The van der Waals surface area contributed by atoms with Gasteiger partial charge in [-0.2, -0.15) is 0 Å². The van der Waals surface area contributed by atoms with Crippen LogP contribution in [0.1, 0.15) is 26.7 Å². The predicted octanol–water partition coefficient (Wildman–Crippen LogP) is 1.39. The zero-order chi connectivity index (χ0) is 13.8. The van der Waals surface area contributed by atoms with Crippen molar-refractivity contribution in [2.45, 2.75) is 43.8 Å². The number of allylic oxidation sites excluding steroid dienone is 3. The van der Waals surface area contributed by atoms with Crippen molar-refractivity contribution in [3.63, 3.8) is 0 Å². The average molecular weight is 273 g/mol. The number of thioether (sulfide) groups is 1. The van der Waals surface area contributed by atoms with Crippen molar-refractivity contribution in [3.05, 3.63) is 23.5 Å². The number of hydrogen-bond acceptors (Lipinski definition) is 5. The number of hydrogen-bond donors (Lipinski definition) is 3. The quantitative estimate of drug-likeness (QED) is 0.638. The summed E-state index contributed by atoms with van der Waals surface area (Å²) in [6.45, 7) is 3.86. The van der Waals surface area contributed by atoms with Gasteiger partial charge < -0.3 is 20.7 Å². The van der Waals surface area contributed by atoms with Crippen molar-refractivity contribution in [2.24, 2.45) is 5.73 Å². The number of rotatable bonds is 6. The van der Waals surface area contributed by atoms with Gasteiger partial charge in [0.05, 0.1) is 18.9 Å². The Hall–Kier alpha value is -0.490. The Bertz CT molecular complexity index is 337. The highest BCUT2D eigenvalue weighted by molar-refractivity contribution is 8.00. The molecule has 0 amide bonds. The van der Waals surface area contributed by atoms with Crippen LogP contribution < -0.4 is 5.73 Å². The van der Waals surface area contributed by atoms with Gasteiger partial charge in [0, 0.05) is 16.9 Å². The Morgan fingerprint density at radius 3 is 2.50 bits per heavy atom. The monoisotopic (exact) mass is 273 g/mol.